The molecule has 0 heterocycles. The smallest absolute Gasteiger partial charge is 0.418 e. The summed E-state index contributed by atoms with van der Waals surface area (Å²) in [6.07, 6.45) is -1.36. The number of hydrogen-bond donors (Lipinski definition) is 0. The summed E-state index contributed by atoms with van der Waals surface area (Å²) in [7, 11) is 0. The Morgan fingerprint density at radius 2 is 1.10 bits per heavy atom. The molecule has 2 rings (SSSR count). The van der Waals surface area contributed by atoms with Crippen LogP contribution < -0.4 is 0 Å². The molecule has 0 saturated heterocycles. The highest BCUT2D eigenvalue weighted by atomic mass is 19.1. The maximum absolute atomic E-state index is 13.2. The monoisotopic (exact) mass is 283 g/mol. The van der Waals surface area contributed by atoms with Crippen LogP contribution in [-0.4, -0.2) is 6.47 Å². The third kappa shape index (κ3) is 3.14. The van der Waals surface area contributed by atoms with Gasteiger partial charge >= 0.3 is 6.47 Å². The zero-order valence-electron chi connectivity index (χ0n) is 9.87. The van der Waals surface area contributed by atoms with Gasteiger partial charge in [0.25, 0.3) is 0 Å². The summed E-state index contributed by atoms with van der Waals surface area (Å²) in [5.41, 5.74) is -0.202. The topological polar surface area (TPSA) is 26.3 Å². The highest BCUT2D eigenvalue weighted by molar-refractivity contribution is 5.43. The van der Waals surface area contributed by atoms with Crippen molar-refractivity contribution in [1.82, 2.24) is 0 Å². The lowest BCUT2D eigenvalue weighted by Gasteiger charge is -2.16. The third-order valence-electron chi connectivity index (χ3n) is 2.54. The van der Waals surface area contributed by atoms with Gasteiger partial charge in [0.1, 0.15) is 23.3 Å². The van der Waals surface area contributed by atoms with Gasteiger partial charge in [-0.1, -0.05) is 0 Å². The first-order chi connectivity index (χ1) is 9.49. The van der Waals surface area contributed by atoms with E-state index in [2.05, 4.69) is 4.74 Å². The van der Waals surface area contributed by atoms with Crippen LogP contribution in [0.25, 0.3) is 0 Å². The van der Waals surface area contributed by atoms with Gasteiger partial charge in [0.05, 0.1) is 0 Å². The Morgan fingerprint density at radius 3 is 1.40 bits per heavy atom. The summed E-state index contributed by atoms with van der Waals surface area (Å²) < 4.78 is 57.2. The van der Waals surface area contributed by atoms with Crippen molar-refractivity contribution < 1.29 is 27.1 Å². The van der Waals surface area contributed by atoms with Crippen molar-refractivity contribution in [3.05, 3.63) is 70.8 Å². The minimum atomic E-state index is -1.36. The van der Waals surface area contributed by atoms with Gasteiger partial charge in [0, 0.05) is 23.3 Å². The fourth-order valence-electron chi connectivity index (χ4n) is 1.83. The molecule has 0 amide bonds. The van der Waals surface area contributed by atoms with E-state index < -0.39 is 29.4 Å². The van der Waals surface area contributed by atoms with E-state index in [4.69, 9.17) is 0 Å². The first-order valence-electron chi connectivity index (χ1n) is 5.44. The number of rotatable bonds is 4. The SMILES string of the molecule is O=[C]OC(c1cc(F)cc(F)c1)c1cc(F)cc(F)c1. The molecule has 2 nitrogen and oxygen atoms in total. The molecule has 103 valence electrons. The maximum atomic E-state index is 13.2. The van der Waals surface area contributed by atoms with E-state index in [1.54, 1.807) is 0 Å². The summed E-state index contributed by atoms with van der Waals surface area (Å²) in [6.45, 7) is 1.10. The molecule has 0 unspecified atom stereocenters. The van der Waals surface area contributed by atoms with Gasteiger partial charge < -0.3 is 4.74 Å². The van der Waals surface area contributed by atoms with Crippen molar-refractivity contribution in [3.63, 3.8) is 0 Å². The van der Waals surface area contributed by atoms with Crippen molar-refractivity contribution in [1.29, 1.82) is 0 Å². The van der Waals surface area contributed by atoms with Gasteiger partial charge in [0.15, 0.2) is 6.10 Å². The maximum Gasteiger partial charge on any atom is 0.418 e. The lowest BCUT2D eigenvalue weighted by atomic mass is 10.0. The lowest BCUT2D eigenvalue weighted by molar-refractivity contribution is 0.214. The number of ether oxygens (including phenoxy) is 1. The standard InChI is InChI=1S/C14H7F4O2/c15-10-1-8(2-11(16)5-10)14(20-7-19)9-3-12(17)6-13(18)4-9/h1-6,14H. The first kappa shape index (κ1) is 14.0. The number of benzene rings is 2. The fraction of sp³-hybridized carbons (Fsp3) is 0.0714. The number of halogens is 4. The van der Waals surface area contributed by atoms with Crippen LogP contribution in [0.5, 0.6) is 0 Å². The van der Waals surface area contributed by atoms with Gasteiger partial charge in [0.2, 0.25) is 0 Å². The Labute approximate surface area is 111 Å². The molecule has 0 aliphatic rings. The summed E-state index contributed by atoms with van der Waals surface area (Å²) in [4.78, 5) is 10.4. The van der Waals surface area contributed by atoms with Crippen molar-refractivity contribution in [3.8, 4) is 0 Å². The largest absolute Gasteiger partial charge is 0.444 e. The molecule has 0 fully saturated rings. The van der Waals surface area contributed by atoms with Crippen LogP contribution in [-0.2, 0) is 9.53 Å². The average molecular weight is 283 g/mol. The zero-order chi connectivity index (χ0) is 14.7. The Balaban J connectivity index is 2.52. The van der Waals surface area contributed by atoms with E-state index in [0.717, 1.165) is 30.7 Å². The van der Waals surface area contributed by atoms with Crippen molar-refractivity contribution in [2.24, 2.45) is 0 Å². The molecule has 0 saturated carbocycles. The molecular weight excluding hydrogens is 276 g/mol. The Bertz CT molecular complexity index is 551. The molecule has 0 aliphatic heterocycles. The van der Waals surface area contributed by atoms with Crippen LogP contribution in [0.1, 0.15) is 17.2 Å². The highest BCUT2D eigenvalue weighted by Crippen LogP contribution is 2.28. The summed E-state index contributed by atoms with van der Waals surface area (Å²) >= 11 is 0. The van der Waals surface area contributed by atoms with Crippen molar-refractivity contribution >= 4 is 6.47 Å². The van der Waals surface area contributed by atoms with Gasteiger partial charge in [-0.15, -0.1) is 0 Å². The highest BCUT2D eigenvalue weighted by Gasteiger charge is 2.19. The molecule has 2 aromatic carbocycles. The van der Waals surface area contributed by atoms with Crippen LogP contribution >= 0.6 is 0 Å². The Hall–Kier alpha value is -2.37. The lowest BCUT2D eigenvalue weighted by Crippen LogP contribution is -2.07. The van der Waals surface area contributed by atoms with Crippen LogP contribution in [0.2, 0.25) is 0 Å². The fourth-order valence-corrected chi connectivity index (χ4v) is 1.83. The first-order valence-corrected chi connectivity index (χ1v) is 5.44. The third-order valence-corrected chi connectivity index (χ3v) is 2.54. The van der Waals surface area contributed by atoms with E-state index in [9.17, 15) is 22.4 Å². The molecule has 0 aliphatic carbocycles. The van der Waals surface area contributed by atoms with Crippen LogP contribution in [0.4, 0.5) is 17.6 Å². The Kier molecular flexibility index (Phi) is 4.02. The van der Waals surface area contributed by atoms with E-state index in [0.29, 0.717) is 12.1 Å². The molecule has 0 aromatic heterocycles. The normalized spacial score (nSPS) is 10.7. The average Bonchev–Trinajstić information content (AvgIpc) is 2.33. The minimum absolute atomic E-state index is 0.101. The van der Waals surface area contributed by atoms with E-state index in [1.807, 2.05) is 0 Å². The van der Waals surface area contributed by atoms with E-state index in [-0.39, 0.29) is 11.1 Å². The zero-order valence-corrected chi connectivity index (χ0v) is 9.87. The summed E-state index contributed by atoms with van der Waals surface area (Å²) in [5.74, 6) is -3.62. The van der Waals surface area contributed by atoms with Crippen LogP contribution in [0, 0.1) is 23.3 Å². The van der Waals surface area contributed by atoms with E-state index >= 15 is 0 Å². The summed E-state index contributed by atoms with van der Waals surface area (Å²) in [6, 6.07) is 4.83. The predicted octanol–water partition coefficient (Wildman–Crippen LogP) is 3.42. The predicted molar refractivity (Wildman–Crippen MR) is 61.3 cm³/mol. The van der Waals surface area contributed by atoms with Crippen LogP contribution in [0.15, 0.2) is 36.4 Å². The van der Waals surface area contributed by atoms with E-state index in [1.165, 1.54) is 0 Å². The number of hydrogen-bond acceptors (Lipinski definition) is 2. The van der Waals surface area contributed by atoms with Crippen molar-refractivity contribution in [2.45, 2.75) is 6.10 Å². The minimum Gasteiger partial charge on any atom is -0.444 e. The molecule has 0 spiro atoms. The van der Waals surface area contributed by atoms with Gasteiger partial charge in [-0.25, -0.2) is 22.4 Å². The molecule has 0 atom stereocenters. The van der Waals surface area contributed by atoms with Gasteiger partial charge in [-0.3, -0.25) is 0 Å². The number of carbonyl (C=O) groups excluding carboxylic acids is 1. The second-order valence-corrected chi connectivity index (χ2v) is 3.99. The molecule has 0 N–H and O–H groups in total. The second kappa shape index (κ2) is 5.73. The van der Waals surface area contributed by atoms with Gasteiger partial charge in [-0.2, -0.15) is 0 Å². The molecule has 1 radical (unpaired) electrons. The Morgan fingerprint density at radius 1 is 0.750 bits per heavy atom. The van der Waals surface area contributed by atoms with Crippen molar-refractivity contribution in [2.75, 3.05) is 0 Å². The molecule has 20 heavy (non-hydrogen) atoms. The quantitative estimate of drug-likeness (QED) is 0.804. The van der Waals surface area contributed by atoms with Crippen LogP contribution in [0.3, 0.4) is 0 Å². The van der Waals surface area contributed by atoms with Gasteiger partial charge in [-0.05, 0) is 24.3 Å². The molecule has 0 bridgehead atoms. The summed E-state index contributed by atoms with van der Waals surface area (Å²) in [5, 5.41) is 0. The second-order valence-electron chi connectivity index (χ2n) is 3.99. The molecule has 2 aromatic rings. The molecule has 6 heteroatoms. The molecular formula is C14H7F4O2.